The van der Waals surface area contributed by atoms with Crippen LogP contribution in [0.25, 0.3) is 21.8 Å². The van der Waals surface area contributed by atoms with E-state index in [9.17, 15) is 9.59 Å². The number of piperidine rings is 1. The predicted octanol–water partition coefficient (Wildman–Crippen LogP) is 5.58. The lowest BCUT2D eigenvalue weighted by Crippen LogP contribution is -2.35. The lowest BCUT2D eigenvalue weighted by Gasteiger charge is -2.32. The number of aromatic amines is 2. The highest BCUT2D eigenvalue weighted by Gasteiger charge is 2.40. The second kappa shape index (κ2) is 11.2. The molecular weight excluding hydrogens is 500 g/mol. The van der Waals surface area contributed by atoms with Crippen molar-refractivity contribution in [2.75, 3.05) is 33.3 Å². The Hall–Kier alpha value is -3.29. The summed E-state index contributed by atoms with van der Waals surface area (Å²) in [5.41, 5.74) is 4.50. The molecule has 4 aromatic rings. The first-order valence-corrected chi connectivity index (χ1v) is 13.4. The third-order valence-corrected chi connectivity index (χ3v) is 8.29. The third-order valence-electron chi connectivity index (χ3n) is 8.29. The molecular formula is C30H35ClN4O3. The molecule has 4 heterocycles. The molecule has 0 aliphatic carbocycles. The number of imide groups is 1. The van der Waals surface area contributed by atoms with Crippen LogP contribution in [0.3, 0.4) is 0 Å². The van der Waals surface area contributed by atoms with Gasteiger partial charge in [-0.05, 0) is 86.6 Å². The van der Waals surface area contributed by atoms with Crippen LogP contribution in [0.15, 0.2) is 54.9 Å². The summed E-state index contributed by atoms with van der Waals surface area (Å²) in [4.78, 5) is 36.4. The normalized spacial score (nSPS) is 19.0. The third kappa shape index (κ3) is 4.93. The first-order chi connectivity index (χ1) is 18.1. The van der Waals surface area contributed by atoms with E-state index >= 15 is 0 Å². The smallest absolute Gasteiger partial charge is 0.237 e. The van der Waals surface area contributed by atoms with E-state index in [0.717, 1.165) is 73.1 Å². The monoisotopic (exact) mass is 534 g/mol. The van der Waals surface area contributed by atoms with Gasteiger partial charge in [-0.3, -0.25) is 14.5 Å². The van der Waals surface area contributed by atoms with E-state index in [0.29, 0.717) is 12.5 Å². The number of nitrogens with zero attached hydrogens (tertiary/aromatic N) is 2. The maximum Gasteiger partial charge on any atom is 0.237 e. The number of rotatable bonds is 8. The van der Waals surface area contributed by atoms with Gasteiger partial charge in [0.2, 0.25) is 11.8 Å². The van der Waals surface area contributed by atoms with Crippen molar-refractivity contribution in [1.82, 2.24) is 19.8 Å². The Morgan fingerprint density at radius 3 is 2.39 bits per heavy atom. The average Bonchev–Trinajstić information content (AvgIpc) is 3.62. The van der Waals surface area contributed by atoms with Gasteiger partial charge in [0, 0.05) is 47.2 Å². The van der Waals surface area contributed by atoms with E-state index in [4.69, 9.17) is 4.74 Å². The zero-order valence-corrected chi connectivity index (χ0v) is 22.6. The second-order valence-electron chi connectivity index (χ2n) is 10.4. The second-order valence-corrected chi connectivity index (χ2v) is 10.4. The Kier molecular flexibility index (Phi) is 7.77. The molecule has 7 nitrogen and oxygen atoms in total. The van der Waals surface area contributed by atoms with Gasteiger partial charge in [-0.1, -0.05) is 18.2 Å². The Morgan fingerprint density at radius 1 is 0.895 bits per heavy atom. The van der Waals surface area contributed by atoms with Crippen molar-refractivity contribution in [2.24, 2.45) is 0 Å². The summed E-state index contributed by atoms with van der Waals surface area (Å²) in [6.45, 7) is 3.68. The van der Waals surface area contributed by atoms with Gasteiger partial charge in [-0.25, -0.2) is 0 Å². The van der Waals surface area contributed by atoms with Gasteiger partial charge >= 0.3 is 0 Å². The standard InChI is InChI=1S/C30H34N4O3.ClH/c1-37-21-8-9-28-23(16-21)25(18-31-28)20-10-14-33(15-11-20)12-4-5-13-34-29(35)17-24(30(34)36)26-19-32-27-7-3-2-6-22(26)27;/h2-3,6-9,16,18-20,24,31-32H,4-5,10-15,17H2,1H3;1H. The molecule has 0 saturated carbocycles. The molecule has 38 heavy (non-hydrogen) atoms. The maximum atomic E-state index is 13.1. The van der Waals surface area contributed by atoms with Crippen molar-refractivity contribution in [3.63, 3.8) is 0 Å². The van der Waals surface area contributed by atoms with E-state index in [2.05, 4.69) is 33.2 Å². The molecule has 2 saturated heterocycles. The van der Waals surface area contributed by atoms with Crippen LogP contribution in [0.4, 0.5) is 0 Å². The SMILES string of the molecule is COc1ccc2[nH]cc(C3CCN(CCCCN4C(=O)CC(c5c[nH]c6ccccc56)C4=O)CC3)c2c1.Cl. The number of halogens is 1. The highest BCUT2D eigenvalue weighted by molar-refractivity contribution is 6.07. The molecule has 2 aliphatic rings. The van der Waals surface area contributed by atoms with Gasteiger partial charge in [-0.2, -0.15) is 0 Å². The van der Waals surface area contributed by atoms with Crippen LogP contribution < -0.4 is 4.74 Å². The number of hydrogen-bond acceptors (Lipinski definition) is 4. The summed E-state index contributed by atoms with van der Waals surface area (Å²) in [7, 11) is 1.71. The minimum Gasteiger partial charge on any atom is -0.497 e. The van der Waals surface area contributed by atoms with E-state index in [-0.39, 0.29) is 36.6 Å². The van der Waals surface area contributed by atoms with Crippen molar-refractivity contribution in [3.05, 3.63) is 66.0 Å². The Morgan fingerprint density at radius 2 is 1.61 bits per heavy atom. The number of carbonyl (C=O) groups excluding carboxylic acids is 2. The number of H-pyrrole nitrogens is 2. The highest BCUT2D eigenvalue weighted by Crippen LogP contribution is 2.36. The number of para-hydroxylation sites is 1. The largest absolute Gasteiger partial charge is 0.497 e. The van der Waals surface area contributed by atoms with Crippen LogP contribution >= 0.6 is 12.4 Å². The zero-order valence-electron chi connectivity index (χ0n) is 21.7. The summed E-state index contributed by atoms with van der Waals surface area (Å²) in [5.74, 6) is 0.987. The summed E-state index contributed by atoms with van der Waals surface area (Å²) in [5, 5.41) is 2.30. The van der Waals surface area contributed by atoms with Crippen LogP contribution in [0.5, 0.6) is 5.75 Å². The highest BCUT2D eigenvalue weighted by atomic mass is 35.5. The molecule has 2 N–H and O–H groups in total. The van der Waals surface area contributed by atoms with Gasteiger partial charge in [0.1, 0.15) is 5.75 Å². The van der Waals surface area contributed by atoms with Gasteiger partial charge in [0.15, 0.2) is 0 Å². The molecule has 8 heteroatoms. The van der Waals surface area contributed by atoms with E-state index in [1.165, 1.54) is 15.8 Å². The number of nitrogens with one attached hydrogen (secondary N) is 2. The molecule has 0 spiro atoms. The zero-order chi connectivity index (χ0) is 25.4. The minimum atomic E-state index is -0.368. The van der Waals surface area contributed by atoms with Gasteiger partial charge in [0.25, 0.3) is 0 Å². The molecule has 0 radical (unpaired) electrons. The van der Waals surface area contributed by atoms with Crippen molar-refractivity contribution >= 4 is 46.0 Å². The van der Waals surface area contributed by atoms with Gasteiger partial charge in [0.05, 0.1) is 13.0 Å². The van der Waals surface area contributed by atoms with E-state index in [1.54, 1.807) is 7.11 Å². The molecule has 2 aromatic carbocycles. The number of aromatic nitrogens is 2. The minimum absolute atomic E-state index is 0. The Bertz CT molecular complexity index is 1440. The van der Waals surface area contributed by atoms with Gasteiger partial charge < -0.3 is 19.6 Å². The summed E-state index contributed by atoms with van der Waals surface area (Å²) in [6.07, 6.45) is 8.44. The molecule has 0 bridgehead atoms. The van der Waals surface area contributed by atoms with Crippen LogP contribution in [0.1, 0.15) is 55.1 Å². The molecule has 1 unspecified atom stereocenters. The van der Waals surface area contributed by atoms with Gasteiger partial charge in [-0.15, -0.1) is 12.4 Å². The molecule has 2 aromatic heterocycles. The first kappa shape index (κ1) is 26.3. The van der Waals surface area contributed by atoms with Crippen LogP contribution in [-0.2, 0) is 9.59 Å². The fourth-order valence-corrected chi connectivity index (χ4v) is 6.20. The van der Waals surface area contributed by atoms with Crippen LogP contribution in [-0.4, -0.2) is 64.9 Å². The molecule has 200 valence electrons. The van der Waals surface area contributed by atoms with E-state index in [1.807, 2.05) is 36.5 Å². The number of methoxy groups -OCH3 is 1. The topological polar surface area (TPSA) is 81.4 Å². The van der Waals surface area contributed by atoms with Crippen LogP contribution in [0, 0.1) is 0 Å². The van der Waals surface area contributed by atoms with Crippen LogP contribution in [0.2, 0.25) is 0 Å². The number of amides is 2. The number of carbonyl (C=O) groups is 2. The lowest BCUT2D eigenvalue weighted by atomic mass is 9.89. The molecule has 1 atom stereocenters. The number of likely N-dealkylation sites (tertiary alicyclic amines) is 2. The van der Waals surface area contributed by atoms with E-state index < -0.39 is 0 Å². The fraction of sp³-hybridized carbons (Fsp3) is 0.400. The maximum absolute atomic E-state index is 13.1. The number of unbranched alkanes of at least 4 members (excludes halogenated alkanes) is 1. The molecule has 2 fully saturated rings. The average molecular weight is 535 g/mol. The fourth-order valence-electron chi connectivity index (χ4n) is 6.20. The summed E-state index contributed by atoms with van der Waals surface area (Å²) >= 11 is 0. The Balaban J connectivity index is 0.00000294. The lowest BCUT2D eigenvalue weighted by molar-refractivity contribution is -0.138. The van der Waals surface area contributed by atoms with Crippen molar-refractivity contribution in [2.45, 2.75) is 43.9 Å². The Labute approximate surface area is 228 Å². The van der Waals surface area contributed by atoms with Crippen molar-refractivity contribution in [3.8, 4) is 5.75 Å². The quantitative estimate of drug-likeness (QED) is 0.228. The first-order valence-electron chi connectivity index (χ1n) is 13.4. The molecule has 6 rings (SSSR count). The predicted molar refractivity (Wildman–Crippen MR) is 152 cm³/mol. The summed E-state index contributed by atoms with van der Waals surface area (Å²) in [6, 6.07) is 14.2. The summed E-state index contributed by atoms with van der Waals surface area (Å²) < 4.78 is 5.43. The number of hydrogen-bond donors (Lipinski definition) is 2. The van der Waals surface area contributed by atoms with Crippen molar-refractivity contribution in [1.29, 1.82) is 0 Å². The van der Waals surface area contributed by atoms with Crippen molar-refractivity contribution < 1.29 is 14.3 Å². The number of ether oxygens (including phenoxy) is 1. The number of fused-ring (bicyclic) bond motifs is 2. The molecule has 2 amide bonds. The molecule has 2 aliphatic heterocycles. The number of benzene rings is 2.